The number of nitrogens with two attached hydrogens (primary N) is 1. The maximum atomic E-state index is 6.36. The molecule has 0 radical (unpaired) electrons. The van der Waals surface area contributed by atoms with Crippen molar-refractivity contribution in [3.05, 3.63) is 54.1 Å². The van der Waals surface area contributed by atoms with Gasteiger partial charge in [-0.25, -0.2) is 9.97 Å². The Bertz CT molecular complexity index is 1120. The Kier molecular flexibility index (Phi) is 3.79. The predicted octanol–water partition coefficient (Wildman–Crippen LogP) is 3.75. The molecule has 0 aliphatic heterocycles. The minimum Gasteiger partial charge on any atom is -0.339 e. The molecule has 0 saturated carbocycles. The van der Waals surface area contributed by atoms with Crippen molar-refractivity contribution in [2.75, 3.05) is 0 Å². The van der Waals surface area contributed by atoms with Gasteiger partial charge in [-0.15, -0.1) is 0 Å². The topological polar surface area (TPSA) is 85.4 Å². The van der Waals surface area contributed by atoms with Gasteiger partial charge in [0.15, 0.2) is 0 Å². The van der Waals surface area contributed by atoms with E-state index in [9.17, 15) is 0 Å². The number of hydrogen-bond acceptors (Lipinski definition) is 4. The van der Waals surface area contributed by atoms with Crippen LogP contribution < -0.4 is 5.73 Å². The largest absolute Gasteiger partial charge is 0.339 e. The summed E-state index contributed by atoms with van der Waals surface area (Å²) in [5.41, 5.74) is 13.9. The highest BCUT2D eigenvalue weighted by Gasteiger charge is 2.17. The molecule has 0 bridgehead atoms. The van der Waals surface area contributed by atoms with Crippen LogP contribution in [0.2, 0.25) is 0 Å². The molecule has 1 atom stereocenters. The molecule has 27 heavy (non-hydrogen) atoms. The van der Waals surface area contributed by atoms with E-state index in [0.29, 0.717) is 0 Å². The first-order chi connectivity index (χ1) is 13.2. The lowest BCUT2D eigenvalue weighted by atomic mass is 9.95. The summed E-state index contributed by atoms with van der Waals surface area (Å²) in [6, 6.07) is 8.84. The number of rotatable bonds is 2. The third-order valence-corrected chi connectivity index (χ3v) is 5.47. The van der Waals surface area contributed by atoms with Gasteiger partial charge in [0.25, 0.3) is 0 Å². The van der Waals surface area contributed by atoms with E-state index in [2.05, 4.69) is 44.3 Å². The van der Waals surface area contributed by atoms with Crippen LogP contribution in [0.3, 0.4) is 0 Å². The van der Waals surface area contributed by atoms with E-state index in [1.54, 1.807) is 11.0 Å². The van der Waals surface area contributed by atoms with Gasteiger partial charge in [-0.2, -0.15) is 5.10 Å². The number of fused-ring (bicyclic) bond motifs is 2. The first-order valence-electron chi connectivity index (χ1n) is 9.40. The summed E-state index contributed by atoms with van der Waals surface area (Å²) in [4.78, 5) is 12.4. The third kappa shape index (κ3) is 2.82. The van der Waals surface area contributed by atoms with Gasteiger partial charge in [-0.3, -0.25) is 4.68 Å². The van der Waals surface area contributed by atoms with Gasteiger partial charge in [0.1, 0.15) is 12.0 Å². The zero-order valence-electron chi connectivity index (χ0n) is 15.3. The van der Waals surface area contributed by atoms with Crippen LogP contribution >= 0.6 is 0 Å². The SMILES string of the molecule is Cn1cc(-c2cc3c(-c4ccc5c(c4)CCCCC5N)ncnc3[nH]2)cn1. The Morgan fingerprint density at radius 1 is 1.15 bits per heavy atom. The van der Waals surface area contributed by atoms with Gasteiger partial charge in [0.2, 0.25) is 0 Å². The molecule has 5 rings (SSSR count). The second kappa shape index (κ2) is 6.32. The van der Waals surface area contributed by atoms with Gasteiger partial charge in [0.05, 0.1) is 17.6 Å². The maximum Gasteiger partial charge on any atom is 0.141 e. The van der Waals surface area contributed by atoms with Crippen molar-refractivity contribution in [1.29, 1.82) is 0 Å². The number of nitrogens with one attached hydrogen (secondary N) is 1. The van der Waals surface area contributed by atoms with Gasteiger partial charge in [0, 0.05) is 35.8 Å². The van der Waals surface area contributed by atoms with E-state index in [-0.39, 0.29) is 6.04 Å². The normalized spacial score (nSPS) is 17.0. The molecule has 1 unspecified atom stereocenters. The molecule has 1 aliphatic carbocycles. The summed E-state index contributed by atoms with van der Waals surface area (Å²) in [5, 5.41) is 5.28. The first kappa shape index (κ1) is 16.2. The average Bonchev–Trinajstić information content (AvgIpc) is 3.26. The molecule has 0 spiro atoms. The zero-order chi connectivity index (χ0) is 18.4. The lowest BCUT2D eigenvalue weighted by Crippen LogP contribution is -2.10. The smallest absolute Gasteiger partial charge is 0.141 e. The van der Waals surface area contributed by atoms with Gasteiger partial charge in [-0.1, -0.05) is 18.6 Å². The second-order valence-corrected chi connectivity index (χ2v) is 7.34. The Morgan fingerprint density at radius 3 is 2.93 bits per heavy atom. The molecular weight excluding hydrogens is 336 g/mol. The average molecular weight is 358 g/mol. The summed E-state index contributed by atoms with van der Waals surface area (Å²) in [5.74, 6) is 0. The Morgan fingerprint density at radius 2 is 2.07 bits per heavy atom. The molecule has 0 amide bonds. The van der Waals surface area contributed by atoms with Crippen LogP contribution in [0.25, 0.3) is 33.5 Å². The van der Waals surface area contributed by atoms with Crippen LogP contribution in [0.1, 0.15) is 36.4 Å². The molecule has 3 heterocycles. The van der Waals surface area contributed by atoms with Crippen LogP contribution in [-0.2, 0) is 13.5 Å². The van der Waals surface area contributed by atoms with E-state index in [1.165, 1.54) is 24.0 Å². The van der Waals surface area contributed by atoms with Crippen molar-refractivity contribution < 1.29 is 0 Å². The first-order valence-corrected chi connectivity index (χ1v) is 9.40. The van der Waals surface area contributed by atoms with Crippen LogP contribution in [0, 0.1) is 0 Å². The van der Waals surface area contributed by atoms with Crippen LogP contribution in [0.4, 0.5) is 0 Å². The fourth-order valence-electron chi connectivity index (χ4n) is 4.05. The zero-order valence-corrected chi connectivity index (χ0v) is 15.3. The second-order valence-electron chi connectivity index (χ2n) is 7.34. The Hall–Kier alpha value is -2.99. The standard InChI is InChI=1S/C21H22N6/c1-27-11-15(10-25-27)19-9-17-20(23-12-24-21(17)26-19)14-6-7-16-13(8-14)4-2-3-5-18(16)22/h6-12,18H,2-5,22H2,1H3,(H,23,24,26). The highest BCUT2D eigenvalue weighted by Crippen LogP contribution is 2.33. The lowest BCUT2D eigenvalue weighted by molar-refractivity contribution is 0.615. The van der Waals surface area contributed by atoms with E-state index in [1.807, 2.05) is 19.4 Å². The van der Waals surface area contributed by atoms with E-state index < -0.39 is 0 Å². The predicted molar refractivity (Wildman–Crippen MR) is 106 cm³/mol. The van der Waals surface area contributed by atoms with Crippen LogP contribution in [-0.4, -0.2) is 24.7 Å². The van der Waals surface area contributed by atoms with E-state index in [4.69, 9.17) is 5.73 Å². The summed E-state index contributed by atoms with van der Waals surface area (Å²) in [6.07, 6.45) is 9.99. The minimum absolute atomic E-state index is 0.145. The number of aromatic nitrogens is 5. The number of aryl methyl sites for hydroxylation is 2. The van der Waals surface area contributed by atoms with Crippen molar-refractivity contribution in [3.63, 3.8) is 0 Å². The number of benzene rings is 1. The van der Waals surface area contributed by atoms with Gasteiger partial charge in [-0.05, 0) is 42.5 Å². The molecule has 6 heteroatoms. The molecular formula is C21H22N6. The molecule has 136 valence electrons. The fraction of sp³-hybridized carbons (Fsp3) is 0.286. The molecule has 0 saturated heterocycles. The summed E-state index contributed by atoms with van der Waals surface area (Å²) in [6.45, 7) is 0. The Balaban J connectivity index is 1.63. The molecule has 1 aliphatic rings. The molecule has 3 N–H and O–H groups in total. The van der Waals surface area contributed by atoms with E-state index >= 15 is 0 Å². The molecule has 1 aromatic carbocycles. The maximum absolute atomic E-state index is 6.36. The van der Waals surface area contributed by atoms with E-state index in [0.717, 1.165) is 46.4 Å². The van der Waals surface area contributed by atoms with Crippen molar-refractivity contribution in [2.24, 2.45) is 12.8 Å². The van der Waals surface area contributed by atoms with Crippen LogP contribution in [0.5, 0.6) is 0 Å². The number of nitrogens with zero attached hydrogens (tertiary/aromatic N) is 4. The number of aromatic amines is 1. The number of H-pyrrole nitrogens is 1. The van der Waals surface area contributed by atoms with Crippen molar-refractivity contribution in [1.82, 2.24) is 24.7 Å². The quantitative estimate of drug-likeness (QED) is 0.534. The molecule has 4 aromatic rings. The molecule has 6 nitrogen and oxygen atoms in total. The highest BCUT2D eigenvalue weighted by atomic mass is 15.2. The summed E-state index contributed by atoms with van der Waals surface area (Å²) < 4.78 is 1.79. The summed E-state index contributed by atoms with van der Waals surface area (Å²) in [7, 11) is 1.91. The molecule has 0 fully saturated rings. The monoisotopic (exact) mass is 358 g/mol. The highest BCUT2D eigenvalue weighted by molar-refractivity contribution is 5.94. The number of hydrogen-bond donors (Lipinski definition) is 2. The van der Waals surface area contributed by atoms with Gasteiger partial charge < -0.3 is 10.7 Å². The van der Waals surface area contributed by atoms with Gasteiger partial charge >= 0.3 is 0 Å². The Labute approximate surface area is 157 Å². The van der Waals surface area contributed by atoms with Crippen molar-refractivity contribution in [2.45, 2.75) is 31.7 Å². The summed E-state index contributed by atoms with van der Waals surface area (Å²) >= 11 is 0. The van der Waals surface area contributed by atoms with Crippen LogP contribution in [0.15, 0.2) is 43.0 Å². The lowest BCUT2D eigenvalue weighted by Gasteiger charge is -2.14. The van der Waals surface area contributed by atoms with Crippen molar-refractivity contribution >= 4 is 11.0 Å². The molecule has 3 aromatic heterocycles. The third-order valence-electron chi connectivity index (χ3n) is 5.47. The fourth-order valence-corrected chi connectivity index (χ4v) is 4.05. The minimum atomic E-state index is 0.145. The van der Waals surface area contributed by atoms with Crippen molar-refractivity contribution in [3.8, 4) is 22.5 Å².